The fraction of sp³-hybridized carbons (Fsp3) is 0.500. The third-order valence-electron chi connectivity index (χ3n) is 10.1. The van der Waals surface area contributed by atoms with E-state index in [2.05, 4.69) is 64.2 Å². The lowest BCUT2D eigenvalue weighted by Crippen LogP contribution is -2.48. The zero-order valence-electron chi connectivity index (χ0n) is 30.8. The average molecular weight is 713 g/mol. The van der Waals surface area contributed by atoms with E-state index in [0.717, 1.165) is 110 Å². The van der Waals surface area contributed by atoms with Gasteiger partial charge in [0.25, 0.3) is 0 Å². The molecule has 2 aliphatic heterocycles. The Balaban J connectivity index is 1.00. The molecule has 2 amide bonds. The number of nitrogens with one attached hydrogen (secondary N) is 4. The van der Waals surface area contributed by atoms with E-state index in [4.69, 9.17) is 9.72 Å². The van der Waals surface area contributed by atoms with Gasteiger partial charge in [0, 0.05) is 101 Å². The van der Waals surface area contributed by atoms with Crippen molar-refractivity contribution in [2.24, 2.45) is 0 Å². The number of benzene rings is 2. The first kappa shape index (κ1) is 37.4. The standard InChI is InChI=1S/C40H53FN8O3/c1-4-36-33(39(46-31-14-18-52-19-15-31)34-24-45-49(5-2)40(34)47-36)23-44-38(51)11-7-10-37(50)43-22-28-12-13-35(41)32(21-28)30-9-6-8-29(20-30)26-48-17-16-42-27(3)25-48/h6,8-9,12-13,20-21,24,27,31,42H,4-5,7,10-11,14-19,22-23,25-26H2,1-3H3,(H,43,50)(H,44,51)(H,46,47)/t27-/m0/s1. The van der Waals surface area contributed by atoms with Crippen molar-refractivity contribution >= 4 is 28.5 Å². The molecular formula is C40H53FN8O3. The van der Waals surface area contributed by atoms with Gasteiger partial charge in [-0.3, -0.25) is 14.5 Å². The van der Waals surface area contributed by atoms with Gasteiger partial charge in [0.2, 0.25) is 11.8 Å². The summed E-state index contributed by atoms with van der Waals surface area (Å²) in [5.41, 5.74) is 7.03. The predicted molar refractivity (Wildman–Crippen MR) is 202 cm³/mol. The number of fused-ring (bicyclic) bond motifs is 1. The number of hydrogen-bond donors (Lipinski definition) is 4. The van der Waals surface area contributed by atoms with Gasteiger partial charge in [0.15, 0.2) is 5.65 Å². The smallest absolute Gasteiger partial charge is 0.220 e. The van der Waals surface area contributed by atoms with E-state index < -0.39 is 0 Å². The third-order valence-corrected chi connectivity index (χ3v) is 10.1. The lowest BCUT2D eigenvalue weighted by atomic mass is 10.00. The number of pyridine rings is 1. The molecule has 2 aliphatic rings. The van der Waals surface area contributed by atoms with Crippen LogP contribution in [0.1, 0.15) is 75.3 Å². The van der Waals surface area contributed by atoms with Crippen LogP contribution in [0.2, 0.25) is 0 Å². The highest BCUT2D eigenvalue weighted by Gasteiger charge is 2.22. The highest BCUT2D eigenvalue weighted by Crippen LogP contribution is 2.31. The van der Waals surface area contributed by atoms with E-state index >= 15 is 4.39 Å². The number of anilines is 1. The first-order valence-electron chi connectivity index (χ1n) is 18.9. The van der Waals surface area contributed by atoms with Gasteiger partial charge < -0.3 is 26.0 Å². The maximum atomic E-state index is 15.0. The molecule has 1 atom stereocenters. The number of aryl methyl sites for hydroxylation is 2. The van der Waals surface area contributed by atoms with Crippen LogP contribution in [-0.2, 0) is 46.9 Å². The van der Waals surface area contributed by atoms with Gasteiger partial charge in [-0.1, -0.05) is 31.2 Å². The molecule has 0 aliphatic carbocycles. The molecule has 0 bridgehead atoms. The highest BCUT2D eigenvalue weighted by molar-refractivity contribution is 5.92. The normalized spacial score (nSPS) is 17.0. The first-order valence-corrected chi connectivity index (χ1v) is 18.9. The van der Waals surface area contributed by atoms with Gasteiger partial charge in [-0.25, -0.2) is 14.1 Å². The molecule has 4 heterocycles. The summed E-state index contributed by atoms with van der Waals surface area (Å²) in [6.45, 7) is 12.8. The molecule has 4 N–H and O–H groups in total. The lowest BCUT2D eigenvalue weighted by molar-refractivity contribution is -0.122. The van der Waals surface area contributed by atoms with Gasteiger partial charge in [-0.05, 0) is 74.4 Å². The quantitative estimate of drug-likeness (QED) is 0.131. The third kappa shape index (κ3) is 9.53. The van der Waals surface area contributed by atoms with Crippen molar-refractivity contribution < 1.29 is 18.7 Å². The Morgan fingerprint density at radius 2 is 1.81 bits per heavy atom. The van der Waals surface area contributed by atoms with E-state index in [0.29, 0.717) is 24.6 Å². The second-order valence-corrected chi connectivity index (χ2v) is 14.0. The van der Waals surface area contributed by atoms with Crippen molar-refractivity contribution in [2.75, 3.05) is 38.2 Å². The number of aromatic nitrogens is 3. The number of carbonyl (C=O) groups is 2. The lowest BCUT2D eigenvalue weighted by Gasteiger charge is -2.31. The van der Waals surface area contributed by atoms with Gasteiger partial charge in [-0.2, -0.15) is 5.10 Å². The Morgan fingerprint density at radius 3 is 2.56 bits per heavy atom. The van der Waals surface area contributed by atoms with Crippen molar-refractivity contribution in [3.05, 3.63) is 76.9 Å². The van der Waals surface area contributed by atoms with Gasteiger partial charge in [-0.15, -0.1) is 0 Å². The summed E-state index contributed by atoms with van der Waals surface area (Å²) in [5.74, 6) is -0.559. The highest BCUT2D eigenvalue weighted by atomic mass is 19.1. The molecular weight excluding hydrogens is 659 g/mol. The summed E-state index contributed by atoms with van der Waals surface area (Å²) in [6.07, 6.45) is 5.26. The van der Waals surface area contributed by atoms with Crippen molar-refractivity contribution in [3.8, 4) is 11.1 Å². The van der Waals surface area contributed by atoms with Crippen molar-refractivity contribution in [1.82, 2.24) is 35.6 Å². The van der Waals surface area contributed by atoms with Gasteiger partial charge in [0.05, 0.1) is 17.3 Å². The topological polar surface area (TPSA) is 125 Å². The van der Waals surface area contributed by atoms with E-state index in [9.17, 15) is 9.59 Å². The summed E-state index contributed by atoms with van der Waals surface area (Å²) in [5, 5.41) is 18.8. The maximum absolute atomic E-state index is 15.0. The zero-order chi connectivity index (χ0) is 36.5. The van der Waals surface area contributed by atoms with Gasteiger partial charge in [0.1, 0.15) is 5.82 Å². The molecule has 2 aromatic carbocycles. The summed E-state index contributed by atoms with van der Waals surface area (Å²) in [6, 6.07) is 13.7. The van der Waals surface area contributed by atoms with E-state index in [1.165, 1.54) is 6.07 Å². The zero-order valence-corrected chi connectivity index (χ0v) is 30.8. The molecule has 2 fully saturated rings. The molecule has 4 aromatic rings. The molecule has 0 unspecified atom stereocenters. The Morgan fingerprint density at radius 1 is 1.02 bits per heavy atom. The SMILES string of the molecule is CCc1nc2c(cnn2CC)c(NC2CCOCC2)c1CNC(=O)CCCC(=O)NCc1ccc(F)c(-c2cccc(CN3CCN[C@@H](C)C3)c2)c1. The second-order valence-electron chi connectivity index (χ2n) is 14.0. The fourth-order valence-electron chi connectivity index (χ4n) is 7.23. The summed E-state index contributed by atoms with van der Waals surface area (Å²) in [7, 11) is 0. The number of rotatable bonds is 15. The van der Waals surface area contributed by atoms with Crippen LogP contribution in [0.4, 0.5) is 10.1 Å². The van der Waals surface area contributed by atoms with E-state index in [-0.39, 0.29) is 43.1 Å². The monoisotopic (exact) mass is 712 g/mol. The molecule has 278 valence electrons. The van der Waals surface area contributed by atoms with E-state index in [1.807, 2.05) is 29.1 Å². The number of ether oxygens (including phenoxy) is 1. The Kier molecular flexibility index (Phi) is 12.9. The minimum atomic E-state index is -0.293. The molecule has 52 heavy (non-hydrogen) atoms. The second kappa shape index (κ2) is 17.9. The predicted octanol–water partition coefficient (Wildman–Crippen LogP) is 5.31. The molecule has 6 rings (SSSR count). The van der Waals surface area contributed by atoms with Crippen LogP contribution in [0.15, 0.2) is 48.7 Å². The Labute approximate surface area is 306 Å². The molecule has 12 heteroatoms. The summed E-state index contributed by atoms with van der Waals surface area (Å²) >= 11 is 0. The molecule has 0 spiro atoms. The minimum Gasteiger partial charge on any atom is -0.381 e. The number of amides is 2. The average Bonchev–Trinajstić information content (AvgIpc) is 3.57. The minimum absolute atomic E-state index is 0.118. The van der Waals surface area contributed by atoms with Crippen LogP contribution in [0.3, 0.4) is 0 Å². The van der Waals surface area contributed by atoms with Crippen molar-refractivity contribution in [3.63, 3.8) is 0 Å². The van der Waals surface area contributed by atoms with Crippen LogP contribution in [0.25, 0.3) is 22.2 Å². The number of nitrogens with zero attached hydrogens (tertiary/aromatic N) is 4. The van der Waals surface area contributed by atoms with Gasteiger partial charge >= 0.3 is 0 Å². The van der Waals surface area contributed by atoms with E-state index in [1.54, 1.807) is 6.07 Å². The molecule has 2 saturated heterocycles. The van der Waals surface area contributed by atoms with Crippen LogP contribution in [0.5, 0.6) is 0 Å². The summed E-state index contributed by atoms with van der Waals surface area (Å²) in [4.78, 5) is 33.1. The maximum Gasteiger partial charge on any atom is 0.220 e. The molecule has 2 aromatic heterocycles. The molecule has 11 nitrogen and oxygen atoms in total. The molecule has 0 radical (unpaired) electrons. The van der Waals surface area contributed by atoms with Crippen molar-refractivity contribution in [1.29, 1.82) is 0 Å². The number of hydrogen-bond acceptors (Lipinski definition) is 8. The first-order chi connectivity index (χ1) is 25.3. The number of piperazine rings is 1. The fourth-order valence-corrected chi connectivity index (χ4v) is 7.23. The summed E-state index contributed by atoms with van der Waals surface area (Å²) < 4.78 is 22.5. The largest absolute Gasteiger partial charge is 0.381 e. The van der Waals surface area contributed by atoms with Crippen molar-refractivity contribution in [2.45, 2.75) is 97.6 Å². The Hall–Kier alpha value is -4.39. The van der Waals surface area contributed by atoms with Crippen LogP contribution in [0, 0.1) is 5.82 Å². The van der Waals surface area contributed by atoms with Crippen LogP contribution in [-0.4, -0.2) is 76.4 Å². The van der Waals surface area contributed by atoms with Crippen LogP contribution >= 0.6 is 0 Å². The van der Waals surface area contributed by atoms with Crippen LogP contribution < -0.4 is 21.3 Å². The molecule has 0 saturated carbocycles. The number of halogens is 1. The Bertz CT molecular complexity index is 1840. The number of carbonyl (C=O) groups excluding carboxylic acids is 2.